The molecule has 0 saturated carbocycles. The van der Waals surface area contributed by atoms with E-state index in [-0.39, 0.29) is 10.9 Å². The third-order valence-electron chi connectivity index (χ3n) is 11.4. The Kier molecular flexibility index (Phi) is 6.41. The van der Waals surface area contributed by atoms with Crippen molar-refractivity contribution >= 4 is 55.2 Å². The van der Waals surface area contributed by atoms with Crippen LogP contribution < -0.4 is 15.8 Å². The second-order valence-electron chi connectivity index (χ2n) is 14.2. The molecule has 0 fully saturated rings. The van der Waals surface area contributed by atoms with Crippen LogP contribution in [0.15, 0.2) is 161 Å². The average Bonchev–Trinajstić information content (AvgIpc) is 3.18. The third-order valence-corrected chi connectivity index (χ3v) is 11.4. The molecule has 9 aromatic rings. The topological polar surface area (TPSA) is 41.8 Å². The molecule has 1 unspecified atom stereocenters. The fraction of sp³-hybridized carbons (Fsp3) is 0.0833. The number of nitrogens with zero attached hydrogens (tertiary/aromatic N) is 2. The van der Waals surface area contributed by atoms with E-state index in [4.69, 9.17) is 0 Å². The summed E-state index contributed by atoms with van der Waals surface area (Å²) in [7, 11) is 0. The predicted octanol–water partition coefficient (Wildman–Crippen LogP) is 11.0. The van der Waals surface area contributed by atoms with Crippen molar-refractivity contribution in [3.8, 4) is 11.1 Å². The van der Waals surface area contributed by atoms with E-state index in [0.29, 0.717) is 27.1 Å². The molecule has 0 radical (unpaired) electrons. The molecule has 0 spiro atoms. The molecule has 1 aliphatic heterocycles. The van der Waals surface area contributed by atoms with Gasteiger partial charge in [0.2, 0.25) is 0 Å². The SMILES string of the molecule is Cc1cccc(C)c1-c1cc2c(=O)c3ccccc3n3c4ccc5c(c4c(=O)c(c1)c23)C(C)(c1ccccc1)c1ccccc1N5c1ccccc1. The minimum Gasteiger partial charge on any atom is -0.310 e. The number of benzene rings is 7. The summed E-state index contributed by atoms with van der Waals surface area (Å²) >= 11 is 0. The van der Waals surface area contributed by atoms with Crippen LogP contribution >= 0.6 is 0 Å². The Morgan fingerprint density at radius 1 is 0.538 bits per heavy atom. The molecule has 0 bridgehead atoms. The van der Waals surface area contributed by atoms with Crippen molar-refractivity contribution in [2.75, 3.05) is 4.90 Å². The van der Waals surface area contributed by atoms with Crippen molar-refractivity contribution in [1.29, 1.82) is 0 Å². The first-order valence-corrected chi connectivity index (χ1v) is 17.8. The maximum Gasteiger partial charge on any atom is 0.197 e. The number of fused-ring (bicyclic) bond motifs is 7. The fourth-order valence-electron chi connectivity index (χ4n) is 9.12. The Labute approximate surface area is 300 Å². The van der Waals surface area contributed by atoms with E-state index in [0.717, 1.165) is 67.0 Å². The van der Waals surface area contributed by atoms with Gasteiger partial charge in [-0.3, -0.25) is 9.59 Å². The van der Waals surface area contributed by atoms with E-state index in [9.17, 15) is 4.79 Å². The molecule has 248 valence electrons. The highest BCUT2D eigenvalue weighted by atomic mass is 16.1. The summed E-state index contributed by atoms with van der Waals surface area (Å²) in [5.41, 5.74) is 11.7. The lowest BCUT2D eigenvalue weighted by molar-refractivity contribution is 0.687. The first kappa shape index (κ1) is 30.3. The van der Waals surface area contributed by atoms with E-state index in [1.54, 1.807) is 0 Å². The van der Waals surface area contributed by atoms with Crippen molar-refractivity contribution < 1.29 is 0 Å². The number of hydrogen-bond acceptors (Lipinski definition) is 3. The van der Waals surface area contributed by atoms with Crippen LogP contribution in [0.5, 0.6) is 0 Å². The molecule has 0 N–H and O–H groups in total. The maximum absolute atomic E-state index is 15.7. The summed E-state index contributed by atoms with van der Waals surface area (Å²) in [5.74, 6) is 0. The molecule has 2 aromatic heterocycles. The van der Waals surface area contributed by atoms with Crippen LogP contribution in [0.4, 0.5) is 17.1 Å². The molecule has 0 aliphatic carbocycles. The van der Waals surface area contributed by atoms with E-state index in [1.807, 2.05) is 54.6 Å². The lowest BCUT2D eigenvalue weighted by atomic mass is 9.66. The molecule has 7 aromatic carbocycles. The van der Waals surface area contributed by atoms with Gasteiger partial charge in [0.25, 0.3) is 0 Å². The number of aromatic nitrogens is 1. The van der Waals surface area contributed by atoms with Gasteiger partial charge in [-0.2, -0.15) is 0 Å². The molecular formula is C48H34N2O2. The summed E-state index contributed by atoms with van der Waals surface area (Å²) in [6, 6.07) is 51.8. The largest absolute Gasteiger partial charge is 0.310 e. The molecule has 0 saturated heterocycles. The van der Waals surface area contributed by atoms with Crippen LogP contribution in [-0.2, 0) is 5.41 Å². The van der Waals surface area contributed by atoms with Crippen LogP contribution in [-0.4, -0.2) is 4.40 Å². The molecule has 52 heavy (non-hydrogen) atoms. The van der Waals surface area contributed by atoms with Gasteiger partial charge in [-0.05, 0) is 109 Å². The van der Waals surface area contributed by atoms with E-state index in [2.05, 4.69) is 127 Å². The van der Waals surface area contributed by atoms with Gasteiger partial charge in [-0.15, -0.1) is 0 Å². The normalized spacial score (nSPS) is 15.4. The summed E-state index contributed by atoms with van der Waals surface area (Å²) < 4.78 is 2.17. The Bertz CT molecular complexity index is 3020. The Morgan fingerprint density at radius 2 is 1.17 bits per heavy atom. The molecule has 1 atom stereocenters. The van der Waals surface area contributed by atoms with Crippen LogP contribution in [0.25, 0.3) is 49.2 Å². The zero-order chi connectivity index (χ0) is 35.3. The highest BCUT2D eigenvalue weighted by Gasteiger charge is 2.43. The van der Waals surface area contributed by atoms with E-state index >= 15 is 4.79 Å². The highest BCUT2D eigenvalue weighted by molar-refractivity contribution is 6.12. The van der Waals surface area contributed by atoms with Crippen molar-refractivity contribution in [2.45, 2.75) is 26.2 Å². The second-order valence-corrected chi connectivity index (χ2v) is 14.2. The quantitative estimate of drug-likeness (QED) is 0.139. The lowest BCUT2D eigenvalue weighted by Crippen LogP contribution is -2.35. The monoisotopic (exact) mass is 670 g/mol. The fourth-order valence-corrected chi connectivity index (χ4v) is 9.12. The summed E-state index contributed by atoms with van der Waals surface area (Å²) in [6.45, 7) is 6.44. The van der Waals surface area contributed by atoms with Gasteiger partial charge >= 0.3 is 0 Å². The van der Waals surface area contributed by atoms with E-state index < -0.39 is 5.41 Å². The first-order valence-electron chi connectivity index (χ1n) is 17.8. The van der Waals surface area contributed by atoms with Crippen molar-refractivity contribution in [2.24, 2.45) is 0 Å². The molecule has 1 aliphatic rings. The molecular weight excluding hydrogens is 637 g/mol. The summed E-state index contributed by atoms with van der Waals surface area (Å²) in [5, 5.41) is 2.37. The van der Waals surface area contributed by atoms with Crippen molar-refractivity contribution in [1.82, 2.24) is 4.40 Å². The lowest BCUT2D eigenvalue weighted by Gasteiger charge is -2.44. The first-order chi connectivity index (χ1) is 25.4. The van der Waals surface area contributed by atoms with Crippen LogP contribution in [0.3, 0.4) is 0 Å². The standard InChI is InChI=1S/C48H34N2O2/c1-29-15-14-16-30(2)42(29)31-27-35-45-36(28-31)47(52)43-40(50(45)38-23-12-10-21-34(38)46(35)51)25-26-41-44(43)48(3,32-17-6-4-7-18-32)37-22-11-13-24-39(37)49(41)33-19-8-5-9-20-33/h4-28H,1-3H3. The second kappa shape index (κ2) is 11.0. The number of rotatable bonds is 3. The molecule has 0 amide bonds. The minimum absolute atomic E-state index is 0.0660. The van der Waals surface area contributed by atoms with Gasteiger partial charge < -0.3 is 9.30 Å². The van der Waals surface area contributed by atoms with Gasteiger partial charge in [-0.1, -0.05) is 97.1 Å². The van der Waals surface area contributed by atoms with Crippen molar-refractivity contribution in [3.63, 3.8) is 0 Å². The van der Waals surface area contributed by atoms with Gasteiger partial charge in [0, 0.05) is 32.8 Å². The zero-order valence-electron chi connectivity index (χ0n) is 29.1. The van der Waals surface area contributed by atoms with Crippen LogP contribution in [0, 0.1) is 13.8 Å². The van der Waals surface area contributed by atoms with Crippen LogP contribution in [0.1, 0.15) is 34.7 Å². The number of anilines is 3. The number of aryl methyl sites for hydroxylation is 2. The van der Waals surface area contributed by atoms with E-state index in [1.165, 1.54) is 0 Å². The van der Waals surface area contributed by atoms with Gasteiger partial charge in [0.1, 0.15) is 0 Å². The third kappa shape index (κ3) is 3.98. The Morgan fingerprint density at radius 3 is 1.92 bits per heavy atom. The molecule has 4 heteroatoms. The average molecular weight is 671 g/mol. The Hall–Kier alpha value is -6.52. The highest BCUT2D eigenvalue weighted by Crippen LogP contribution is 2.56. The van der Waals surface area contributed by atoms with Crippen LogP contribution in [0.2, 0.25) is 0 Å². The van der Waals surface area contributed by atoms with Gasteiger partial charge in [0.15, 0.2) is 10.9 Å². The number of pyridine rings is 2. The molecule has 10 rings (SSSR count). The Balaban J connectivity index is 1.47. The molecule has 3 heterocycles. The minimum atomic E-state index is -0.699. The summed E-state index contributed by atoms with van der Waals surface area (Å²) in [4.78, 5) is 32.4. The van der Waals surface area contributed by atoms with Gasteiger partial charge in [0.05, 0.1) is 33.3 Å². The maximum atomic E-state index is 15.7. The van der Waals surface area contributed by atoms with Crippen molar-refractivity contribution in [3.05, 3.63) is 200 Å². The smallest absolute Gasteiger partial charge is 0.197 e. The molecule has 4 nitrogen and oxygen atoms in total. The summed E-state index contributed by atoms with van der Waals surface area (Å²) in [6.07, 6.45) is 0. The zero-order valence-corrected chi connectivity index (χ0v) is 29.1. The van der Waals surface area contributed by atoms with Gasteiger partial charge in [-0.25, -0.2) is 0 Å². The number of para-hydroxylation sites is 3. The predicted molar refractivity (Wildman–Crippen MR) is 215 cm³/mol. The number of hydrogen-bond donors (Lipinski definition) is 0.